The first kappa shape index (κ1) is 18.8. The van der Waals surface area contributed by atoms with Gasteiger partial charge in [0.1, 0.15) is 0 Å². The molecule has 0 atom stereocenters. The van der Waals surface area contributed by atoms with Gasteiger partial charge in [-0.2, -0.15) is 5.10 Å². The Bertz CT molecular complexity index is 1040. The second-order valence-electron chi connectivity index (χ2n) is 6.18. The average molecular weight is 384 g/mol. The summed E-state index contributed by atoms with van der Waals surface area (Å²) in [5.41, 5.74) is 1.89. The molecule has 0 aliphatic heterocycles. The number of hydrogen-bond donors (Lipinski definition) is 1. The predicted octanol–water partition coefficient (Wildman–Crippen LogP) is 2.43. The lowest BCUT2D eigenvalue weighted by atomic mass is 10.2. The Kier molecular flexibility index (Phi) is 5.38. The van der Waals surface area contributed by atoms with Crippen LogP contribution in [0.2, 0.25) is 0 Å². The monoisotopic (exact) mass is 384 g/mol. The lowest BCUT2D eigenvalue weighted by Gasteiger charge is -2.12. The van der Waals surface area contributed by atoms with E-state index in [-0.39, 0.29) is 10.5 Å². The van der Waals surface area contributed by atoms with Gasteiger partial charge < -0.3 is 5.32 Å². The number of nitrogens with zero attached hydrogens (tertiary/aromatic N) is 3. The first-order valence-corrected chi connectivity index (χ1v) is 9.70. The summed E-state index contributed by atoms with van der Waals surface area (Å²) >= 11 is 0. The average Bonchev–Trinajstić information content (AvgIpc) is 3.09. The molecule has 1 N–H and O–H groups in total. The van der Waals surface area contributed by atoms with Crippen molar-refractivity contribution in [1.82, 2.24) is 14.1 Å². The SMILES string of the molecule is CN(C)S(=O)(=O)c1cccc(C(=O)Nc2cnn(Cc3ccccc3)c2)c1. The molecule has 0 bridgehead atoms. The Morgan fingerprint density at radius 3 is 2.56 bits per heavy atom. The molecule has 7 nitrogen and oxygen atoms in total. The summed E-state index contributed by atoms with van der Waals surface area (Å²) < 4.78 is 27.3. The van der Waals surface area contributed by atoms with E-state index in [0.717, 1.165) is 9.87 Å². The van der Waals surface area contributed by atoms with E-state index in [4.69, 9.17) is 0 Å². The third kappa shape index (κ3) is 4.42. The van der Waals surface area contributed by atoms with Crippen molar-refractivity contribution in [3.8, 4) is 0 Å². The lowest BCUT2D eigenvalue weighted by Crippen LogP contribution is -2.22. The molecule has 2 aromatic carbocycles. The van der Waals surface area contributed by atoms with Crippen LogP contribution >= 0.6 is 0 Å². The van der Waals surface area contributed by atoms with Gasteiger partial charge in [0.2, 0.25) is 10.0 Å². The summed E-state index contributed by atoms with van der Waals surface area (Å²) in [6.45, 7) is 0.591. The van der Waals surface area contributed by atoms with Crippen LogP contribution in [0.25, 0.3) is 0 Å². The van der Waals surface area contributed by atoms with Gasteiger partial charge in [-0.25, -0.2) is 12.7 Å². The second-order valence-corrected chi connectivity index (χ2v) is 8.33. The highest BCUT2D eigenvalue weighted by atomic mass is 32.2. The van der Waals surface area contributed by atoms with Crippen molar-refractivity contribution in [2.75, 3.05) is 19.4 Å². The summed E-state index contributed by atoms with van der Waals surface area (Å²) in [7, 11) is -0.704. The van der Waals surface area contributed by atoms with Gasteiger partial charge in [-0.15, -0.1) is 0 Å². The van der Waals surface area contributed by atoms with Crippen LogP contribution in [-0.2, 0) is 16.6 Å². The van der Waals surface area contributed by atoms with E-state index >= 15 is 0 Å². The number of sulfonamides is 1. The van der Waals surface area contributed by atoms with E-state index in [1.54, 1.807) is 29.2 Å². The van der Waals surface area contributed by atoms with Gasteiger partial charge in [-0.05, 0) is 23.8 Å². The Balaban J connectivity index is 1.73. The third-order valence-corrected chi connectivity index (χ3v) is 5.76. The summed E-state index contributed by atoms with van der Waals surface area (Å²) in [6.07, 6.45) is 3.28. The highest BCUT2D eigenvalue weighted by Crippen LogP contribution is 2.16. The molecule has 3 aromatic rings. The van der Waals surface area contributed by atoms with Crippen molar-refractivity contribution in [3.05, 3.63) is 78.1 Å². The molecule has 27 heavy (non-hydrogen) atoms. The zero-order chi connectivity index (χ0) is 19.4. The van der Waals surface area contributed by atoms with Crippen molar-refractivity contribution in [2.24, 2.45) is 0 Å². The van der Waals surface area contributed by atoms with Gasteiger partial charge in [0.15, 0.2) is 0 Å². The highest BCUT2D eigenvalue weighted by Gasteiger charge is 2.19. The maximum atomic E-state index is 12.5. The van der Waals surface area contributed by atoms with Gasteiger partial charge in [-0.1, -0.05) is 36.4 Å². The number of anilines is 1. The maximum absolute atomic E-state index is 12.5. The molecule has 0 radical (unpaired) electrons. The molecule has 0 saturated heterocycles. The fraction of sp³-hybridized carbons (Fsp3) is 0.158. The molecule has 0 saturated carbocycles. The van der Waals surface area contributed by atoms with Crippen LogP contribution in [0.1, 0.15) is 15.9 Å². The predicted molar refractivity (Wildman–Crippen MR) is 103 cm³/mol. The Hall–Kier alpha value is -2.97. The van der Waals surface area contributed by atoms with E-state index in [1.165, 1.54) is 26.2 Å². The zero-order valence-corrected chi connectivity index (χ0v) is 15.8. The quantitative estimate of drug-likeness (QED) is 0.707. The van der Waals surface area contributed by atoms with Gasteiger partial charge in [0.05, 0.1) is 23.3 Å². The molecule has 8 heteroatoms. The molecular weight excluding hydrogens is 364 g/mol. The summed E-state index contributed by atoms with van der Waals surface area (Å²) in [4.78, 5) is 12.5. The molecule has 0 aliphatic rings. The van der Waals surface area contributed by atoms with Crippen LogP contribution in [0.15, 0.2) is 71.9 Å². The summed E-state index contributed by atoms with van der Waals surface area (Å²) in [5, 5.41) is 6.98. The lowest BCUT2D eigenvalue weighted by molar-refractivity contribution is 0.102. The van der Waals surface area contributed by atoms with Crippen LogP contribution in [0.5, 0.6) is 0 Å². The van der Waals surface area contributed by atoms with Crippen molar-refractivity contribution in [2.45, 2.75) is 11.4 Å². The summed E-state index contributed by atoms with van der Waals surface area (Å²) in [5.74, 6) is -0.398. The first-order chi connectivity index (χ1) is 12.9. The molecule has 0 unspecified atom stereocenters. The number of hydrogen-bond acceptors (Lipinski definition) is 4. The van der Waals surface area contributed by atoms with Crippen LogP contribution < -0.4 is 5.32 Å². The fourth-order valence-electron chi connectivity index (χ4n) is 2.50. The number of aromatic nitrogens is 2. The number of carbonyl (C=O) groups is 1. The molecular formula is C19H20N4O3S. The smallest absolute Gasteiger partial charge is 0.255 e. The van der Waals surface area contributed by atoms with E-state index < -0.39 is 15.9 Å². The highest BCUT2D eigenvalue weighted by molar-refractivity contribution is 7.89. The number of rotatable bonds is 6. The molecule has 1 heterocycles. The van der Waals surface area contributed by atoms with Crippen LogP contribution in [0.3, 0.4) is 0 Å². The van der Waals surface area contributed by atoms with Crippen LogP contribution in [0, 0.1) is 0 Å². The minimum absolute atomic E-state index is 0.0694. The van der Waals surface area contributed by atoms with E-state index in [1.807, 2.05) is 30.3 Å². The Morgan fingerprint density at radius 2 is 1.85 bits per heavy atom. The molecule has 0 aliphatic carbocycles. The van der Waals surface area contributed by atoms with E-state index in [2.05, 4.69) is 10.4 Å². The normalized spacial score (nSPS) is 11.5. The largest absolute Gasteiger partial charge is 0.319 e. The number of amides is 1. The fourth-order valence-corrected chi connectivity index (χ4v) is 3.45. The van der Waals surface area contributed by atoms with Gasteiger partial charge >= 0.3 is 0 Å². The molecule has 3 rings (SSSR count). The van der Waals surface area contributed by atoms with Gasteiger partial charge in [0.25, 0.3) is 5.91 Å². The van der Waals surface area contributed by atoms with Crippen molar-refractivity contribution in [3.63, 3.8) is 0 Å². The van der Waals surface area contributed by atoms with E-state index in [9.17, 15) is 13.2 Å². The number of benzene rings is 2. The summed E-state index contributed by atoms with van der Waals surface area (Å²) in [6, 6.07) is 15.8. The minimum atomic E-state index is -3.60. The van der Waals surface area contributed by atoms with Gasteiger partial charge in [0, 0.05) is 25.9 Å². The van der Waals surface area contributed by atoms with E-state index in [0.29, 0.717) is 12.2 Å². The van der Waals surface area contributed by atoms with Gasteiger partial charge in [-0.3, -0.25) is 9.48 Å². The zero-order valence-electron chi connectivity index (χ0n) is 15.0. The second kappa shape index (κ2) is 7.73. The minimum Gasteiger partial charge on any atom is -0.319 e. The topological polar surface area (TPSA) is 84.3 Å². The van der Waals surface area contributed by atoms with Crippen molar-refractivity contribution in [1.29, 1.82) is 0 Å². The number of carbonyl (C=O) groups excluding carboxylic acids is 1. The standard InChI is InChI=1S/C19H20N4O3S/c1-22(2)27(25,26)18-10-6-9-16(11-18)19(24)21-17-12-20-23(14-17)13-15-7-4-3-5-8-15/h3-12,14H,13H2,1-2H3,(H,21,24). The number of nitrogens with one attached hydrogen (secondary N) is 1. The molecule has 140 valence electrons. The van der Waals surface area contributed by atoms with Crippen molar-refractivity contribution >= 4 is 21.6 Å². The first-order valence-electron chi connectivity index (χ1n) is 8.26. The third-order valence-electron chi connectivity index (χ3n) is 3.95. The maximum Gasteiger partial charge on any atom is 0.255 e. The molecule has 1 amide bonds. The molecule has 0 spiro atoms. The van der Waals surface area contributed by atoms with Crippen LogP contribution in [0.4, 0.5) is 5.69 Å². The Morgan fingerprint density at radius 1 is 1.11 bits per heavy atom. The van der Waals surface area contributed by atoms with Crippen LogP contribution in [-0.4, -0.2) is 42.5 Å². The molecule has 0 fully saturated rings. The van der Waals surface area contributed by atoms with Crippen molar-refractivity contribution < 1.29 is 13.2 Å². The molecule has 1 aromatic heterocycles. The Labute approximate surface area is 158 Å².